The number of nitrogen functional groups attached to an aromatic ring is 1. The predicted octanol–water partition coefficient (Wildman–Crippen LogP) is 0.318. The first-order chi connectivity index (χ1) is 6.89. The van der Waals surface area contributed by atoms with Crippen molar-refractivity contribution in [2.24, 2.45) is 0 Å². The van der Waals surface area contributed by atoms with Crippen molar-refractivity contribution in [3.05, 3.63) is 18.3 Å². The maximum absolute atomic E-state index is 11.4. The van der Waals surface area contributed by atoms with Gasteiger partial charge in [-0.1, -0.05) is 0 Å². The average Bonchev–Trinajstić information content (AvgIpc) is 2.06. The largest absolute Gasteiger partial charge is 0.397 e. The van der Waals surface area contributed by atoms with Gasteiger partial charge in [-0.3, -0.25) is 4.72 Å². The van der Waals surface area contributed by atoms with E-state index < -0.39 is 10.2 Å². The molecule has 84 valence electrons. The zero-order chi connectivity index (χ0) is 11.5. The lowest BCUT2D eigenvalue weighted by molar-refractivity contribution is 0.575. The quantitative estimate of drug-likeness (QED) is 0.693. The first kappa shape index (κ1) is 11.7. The smallest absolute Gasteiger partial charge is 0.300 e. The molecule has 0 fully saturated rings. The van der Waals surface area contributed by atoms with Crippen molar-refractivity contribution in [2.75, 3.05) is 10.5 Å². The van der Waals surface area contributed by atoms with Crippen LogP contribution in [0.5, 0.6) is 0 Å². The Bertz CT molecular complexity index is 413. The molecule has 1 aromatic rings. The van der Waals surface area contributed by atoms with E-state index in [-0.39, 0.29) is 11.9 Å². The molecule has 0 amide bonds. The summed E-state index contributed by atoms with van der Waals surface area (Å²) in [5, 5.41) is 0. The number of hydrogen-bond donors (Lipinski definition) is 3. The molecule has 0 unspecified atom stereocenters. The Hall–Kier alpha value is -1.34. The van der Waals surface area contributed by atoms with Gasteiger partial charge in [-0.2, -0.15) is 13.1 Å². The highest BCUT2D eigenvalue weighted by Gasteiger charge is 2.11. The first-order valence-electron chi connectivity index (χ1n) is 4.40. The van der Waals surface area contributed by atoms with Crippen LogP contribution >= 0.6 is 0 Å². The predicted molar refractivity (Wildman–Crippen MR) is 59.5 cm³/mol. The second-order valence-corrected chi connectivity index (χ2v) is 4.80. The summed E-state index contributed by atoms with van der Waals surface area (Å²) in [6, 6.07) is 2.89. The van der Waals surface area contributed by atoms with Crippen molar-refractivity contribution in [2.45, 2.75) is 19.9 Å². The summed E-state index contributed by atoms with van der Waals surface area (Å²) < 4.78 is 27.4. The highest BCUT2D eigenvalue weighted by atomic mass is 32.2. The zero-order valence-corrected chi connectivity index (χ0v) is 9.38. The fraction of sp³-hybridized carbons (Fsp3) is 0.375. The van der Waals surface area contributed by atoms with Gasteiger partial charge in [-0.15, -0.1) is 0 Å². The third-order valence-electron chi connectivity index (χ3n) is 1.42. The van der Waals surface area contributed by atoms with Gasteiger partial charge >= 0.3 is 0 Å². The monoisotopic (exact) mass is 230 g/mol. The molecule has 0 bridgehead atoms. The van der Waals surface area contributed by atoms with Gasteiger partial charge in [0.25, 0.3) is 10.2 Å². The van der Waals surface area contributed by atoms with E-state index in [2.05, 4.69) is 14.4 Å². The molecule has 4 N–H and O–H groups in total. The van der Waals surface area contributed by atoms with Gasteiger partial charge in [0, 0.05) is 6.04 Å². The number of nitrogens with one attached hydrogen (secondary N) is 2. The van der Waals surface area contributed by atoms with Crippen molar-refractivity contribution >= 4 is 21.7 Å². The van der Waals surface area contributed by atoms with Gasteiger partial charge in [0.15, 0.2) is 0 Å². The van der Waals surface area contributed by atoms with Gasteiger partial charge in [0.1, 0.15) is 5.82 Å². The van der Waals surface area contributed by atoms with Gasteiger partial charge < -0.3 is 5.73 Å². The van der Waals surface area contributed by atoms with Crippen LogP contribution in [-0.4, -0.2) is 19.4 Å². The third-order valence-corrected chi connectivity index (χ3v) is 2.68. The van der Waals surface area contributed by atoms with Crippen molar-refractivity contribution in [3.8, 4) is 0 Å². The molecule has 7 heteroatoms. The summed E-state index contributed by atoms with van der Waals surface area (Å²) in [5.41, 5.74) is 5.90. The summed E-state index contributed by atoms with van der Waals surface area (Å²) in [4.78, 5) is 3.82. The SMILES string of the molecule is CC(C)NS(=O)(=O)Nc1ccc(N)cn1. The summed E-state index contributed by atoms with van der Waals surface area (Å²) >= 11 is 0. The van der Waals surface area contributed by atoms with E-state index in [1.165, 1.54) is 12.3 Å². The van der Waals surface area contributed by atoms with Crippen LogP contribution in [0, 0.1) is 0 Å². The van der Waals surface area contributed by atoms with Gasteiger partial charge in [-0.25, -0.2) is 4.98 Å². The Labute approximate surface area is 89.1 Å². The number of rotatable bonds is 4. The van der Waals surface area contributed by atoms with E-state index in [9.17, 15) is 8.42 Å². The minimum Gasteiger partial charge on any atom is -0.397 e. The molecule has 1 aromatic heterocycles. The molecule has 15 heavy (non-hydrogen) atoms. The number of anilines is 2. The van der Waals surface area contributed by atoms with Crippen molar-refractivity contribution in [1.29, 1.82) is 0 Å². The van der Waals surface area contributed by atoms with Crippen molar-refractivity contribution < 1.29 is 8.42 Å². The lowest BCUT2D eigenvalue weighted by atomic mass is 10.4. The van der Waals surface area contributed by atoms with Crippen LogP contribution in [0.25, 0.3) is 0 Å². The van der Waals surface area contributed by atoms with Crippen LogP contribution in [0.4, 0.5) is 11.5 Å². The molecule has 0 saturated carbocycles. The minimum atomic E-state index is -3.55. The summed E-state index contributed by atoms with van der Waals surface area (Å²) in [6.45, 7) is 3.46. The number of aromatic nitrogens is 1. The number of pyridine rings is 1. The maximum atomic E-state index is 11.4. The van der Waals surface area contributed by atoms with Gasteiger partial charge in [0.05, 0.1) is 11.9 Å². The van der Waals surface area contributed by atoms with E-state index in [1.807, 2.05) is 0 Å². The second kappa shape index (κ2) is 4.45. The summed E-state index contributed by atoms with van der Waals surface area (Å²) in [7, 11) is -3.55. The molecule has 1 heterocycles. The minimum absolute atomic E-state index is 0.170. The van der Waals surface area contributed by atoms with Crippen molar-refractivity contribution in [3.63, 3.8) is 0 Å². The van der Waals surface area contributed by atoms with Crippen LogP contribution in [0.15, 0.2) is 18.3 Å². The second-order valence-electron chi connectivity index (χ2n) is 3.35. The third kappa shape index (κ3) is 4.13. The Morgan fingerprint density at radius 3 is 2.53 bits per heavy atom. The van der Waals surface area contributed by atoms with Crippen molar-refractivity contribution in [1.82, 2.24) is 9.71 Å². The molecule has 0 aliphatic rings. The normalized spacial score (nSPS) is 11.7. The maximum Gasteiger partial charge on any atom is 0.300 e. The summed E-state index contributed by atoms with van der Waals surface area (Å²) in [6.07, 6.45) is 1.38. The fourth-order valence-electron chi connectivity index (χ4n) is 0.943. The lowest BCUT2D eigenvalue weighted by Crippen LogP contribution is -2.35. The number of hydrogen-bond acceptors (Lipinski definition) is 4. The van der Waals surface area contributed by atoms with Crippen LogP contribution in [0.2, 0.25) is 0 Å². The molecule has 0 saturated heterocycles. The van der Waals surface area contributed by atoms with Crippen LogP contribution < -0.4 is 15.2 Å². The summed E-state index contributed by atoms with van der Waals surface area (Å²) in [5.74, 6) is 0.234. The highest BCUT2D eigenvalue weighted by molar-refractivity contribution is 7.90. The number of nitrogens with zero attached hydrogens (tertiary/aromatic N) is 1. The van der Waals surface area contributed by atoms with E-state index in [0.29, 0.717) is 5.69 Å². The van der Waals surface area contributed by atoms with E-state index in [1.54, 1.807) is 19.9 Å². The number of nitrogens with two attached hydrogens (primary N) is 1. The molecular formula is C8H14N4O2S. The fourth-order valence-corrected chi connectivity index (χ4v) is 2.02. The van der Waals surface area contributed by atoms with Crippen LogP contribution in [0.3, 0.4) is 0 Å². The topological polar surface area (TPSA) is 97.1 Å². The van der Waals surface area contributed by atoms with Gasteiger partial charge in [0.2, 0.25) is 0 Å². The molecular weight excluding hydrogens is 216 g/mol. The first-order valence-corrected chi connectivity index (χ1v) is 5.89. The zero-order valence-electron chi connectivity index (χ0n) is 8.56. The van der Waals surface area contributed by atoms with Crippen LogP contribution in [0.1, 0.15) is 13.8 Å². The molecule has 0 spiro atoms. The lowest BCUT2D eigenvalue weighted by Gasteiger charge is -2.10. The van der Waals surface area contributed by atoms with Gasteiger partial charge in [-0.05, 0) is 26.0 Å². The molecule has 0 radical (unpaired) electrons. The standard InChI is InChI=1S/C8H14N4O2S/c1-6(2)11-15(13,14)12-8-4-3-7(9)5-10-8/h3-6,11H,9H2,1-2H3,(H,10,12). The van der Waals surface area contributed by atoms with E-state index in [0.717, 1.165) is 0 Å². The molecule has 0 aromatic carbocycles. The Morgan fingerprint density at radius 1 is 1.40 bits per heavy atom. The Balaban J connectivity index is 2.73. The van der Waals surface area contributed by atoms with E-state index in [4.69, 9.17) is 5.73 Å². The molecule has 0 atom stereocenters. The Kier molecular flexibility index (Phi) is 3.48. The molecule has 0 aliphatic heterocycles. The highest BCUT2D eigenvalue weighted by Crippen LogP contribution is 2.07. The van der Waals surface area contributed by atoms with Crippen LogP contribution in [-0.2, 0) is 10.2 Å². The molecule has 6 nitrogen and oxygen atoms in total. The average molecular weight is 230 g/mol. The van der Waals surface area contributed by atoms with E-state index >= 15 is 0 Å². The molecule has 1 rings (SSSR count). The molecule has 0 aliphatic carbocycles. The Morgan fingerprint density at radius 2 is 2.07 bits per heavy atom.